The van der Waals surface area contributed by atoms with Crippen molar-refractivity contribution < 1.29 is 9.53 Å². The van der Waals surface area contributed by atoms with Crippen LogP contribution in [0, 0.1) is 5.41 Å². The van der Waals surface area contributed by atoms with Gasteiger partial charge in [0.1, 0.15) is 0 Å². The molecule has 1 aliphatic carbocycles. The highest BCUT2D eigenvalue weighted by atomic mass is 16.5. The van der Waals surface area contributed by atoms with Crippen molar-refractivity contribution in [2.24, 2.45) is 11.1 Å². The molecule has 4 heteroatoms. The lowest BCUT2D eigenvalue weighted by Crippen LogP contribution is -2.47. The van der Waals surface area contributed by atoms with Gasteiger partial charge in [0.2, 0.25) is 0 Å². The maximum Gasteiger partial charge on any atom is 0.151 e. The number of carbonyl (C=O) groups excluding carboxylic acids is 1. The number of Topliss-reactive ketones (excluding diaryl/α,β-unsaturated/α-hetero) is 1. The van der Waals surface area contributed by atoms with Crippen LogP contribution in [0.5, 0.6) is 0 Å². The molecule has 0 radical (unpaired) electrons. The maximum atomic E-state index is 12.9. The number of ether oxygens (including phenoxy) is 1. The summed E-state index contributed by atoms with van der Waals surface area (Å²) in [5.41, 5.74) is 7.68. The van der Waals surface area contributed by atoms with E-state index in [4.69, 9.17) is 10.5 Å². The second kappa shape index (κ2) is 4.69. The Morgan fingerprint density at radius 2 is 2.42 bits per heavy atom. The highest BCUT2D eigenvalue weighted by Gasteiger charge is 2.47. The summed E-state index contributed by atoms with van der Waals surface area (Å²) in [6.45, 7) is 2.85. The lowest BCUT2D eigenvalue weighted by atomic mass is 9.71. The Labute approximate surface area is 113 Å². The first-order chi connectivity index (χ1) is 9.13. The van der Waals surface area contributed by atoms with Crippen LogP contribution in [0.15, 0.2) is 18.3 Å². The second-order valence-electron chi connectivity index (χ2n) is 5.90. The quantitative estimate of drug-likeness (QED) is 0.873. The van der Waals surface area contributed by atoms with Gasteiger partial charge in [0.25, 0.3) is 0 Å². The zero-order valence-electron chi connectivity index (χ0n) is 11.3. The van der Waals surface area contributed by atoms with Gasteiger partial charge in [0.15, 0.2) is 5.78 Å². The largest absolute Gasteiger partial charge is 0.379 e. The molecule has 1 aliphatic heterocycles. The molecular formula is C15H20N2O2. The Morgan fingerprint density at radius 3 is 3.16 bits per heavy atom. The molecule has 3 rings (SSSR count). The lowest BCUT2D eigenvalue weighted by molar-refractivity contribution is -0.130. The average Bonchev–Trinajstić information content (AvgIpc) is 2.78. The highest BCUT2D eigenvalue weighted by molar-refractivity contribution is 5.92. The Balaban J connectivity index is 1.93. The van der Waals surface area contributed by atoms with Crippen LogP contribution in [0.25, 0.3) is 0 Å². The van der Waals surface area contributed by atoms with Gasteiger partial charge in [-0.1, -0.05) is 6.07 Å². The standard InChI is InChI=1S/C15H20N2O2/c1-15(9-19-8-12(15)16)14(18)11-6-2-4-10-5-3-7-17-13(10)11/h3,5,7,11-12H,2,4,6,8-9,16H2,1H3. The first-order valence-corrected chi connectivity index (χ1v) is 6.94. The molecule has 3 atom stereocenters. The fourth-order valence-electron chi connectivity index (χ4n) is 3.21. The van der Waals surface area contributed by atoms with Crippen molar-refractivity contribution in [2.75, 3.05) is 13.2 Å². The summed E-state index contributed by atoms with van der Waals surface area (Å²) in [4.78, 5) is 17.3. The molecule has 102 valence electrons. The van der Waals surface area contributed by atoms with Crippen LogP contribution in [-0.4, -0.2) is 30.0 Å². The van der Waals surface area contributed by atoms with Gasteiger partial charge in [-0.15, -0.1) is 0 Å². The highest BCUT2D eigenvalue weighted by Crippen LogP contribution is 2.39. The first kappa shape index (κ1) is 12.8. The number of aromatic nitrogens is 1. The summed E-state index contributed by atoms with van der Waals surface area (Å²) in [6, 6.07) is 3.82. The number of nitrogens with zero attached hydrogens (tertiary/aromatic N) is 1. The molecule has 1 aromatic heterocycles. The van der Waals surface area contributed by atoms with E-state index in [0.29, 0.717) is 13.2 Å². The Kier molecular flexibility index (Phi) is 3.15. The van der Waals surface area contributed by atoms with Crippen molar-refractivity contribution in [3.8, 4) is 0 Å². The molecule has 0 saturated carbocycles. The van der Waals surface area contributed by atoms with Gasteiger partial charge in [0, 0.05) is 12.2 Å². The summed E-state index contributed by atoms with van der Waals surface area (Å²) in [5.74, 6) is 0.0971. The van der Waals surface area contributed by atoms with Crippen LogP contribution in [-0.2, 0) is 16.0 Å². The van der Waals surface area contributed by atoms with E-state index in [9.17, 15) is 4.79 Å². The first-order valence-electron chi connectivity index (χ1n) is 6.94. The van der Waals surface area contributed by atoms with Gasteiger partial charge in [-0.2, -0.15) is 0 Å². The Bertz CT molecular complexity index is 503. The van der Waals surface area contributed by atoms with Crippen molar-refractivity contribution in [1.82, 2.24) is 4.98 Å². The molecule has 0 aromatic carbocycles. The van der Waals surface area contributed by atoms with Crippen molar-refractivity contribution >= 4 is 5.78 Å². The Hall–Kier alpha value is -1.26. The summed E-state index contributed by atoms with van der Waals surface area (Å²) < 4.78 is 5.41. The molecule has 2 N–H and O–H groups in total. The van der Waals surface area contributed by atoms with Crippen LogP contribution < -0.4 is 5.73 Å². The van der Waals surface area contributed by atoms with E-state index in [1.807, 2.05) is 13.0 Å². The number of pyridine rings is 1. The number of fused-ring (bicyclic) bond motifs is 1. The van der Waals surface area contributed by atoms with E-state index in [0.717, 1.165) is 25.0 Å². The van der Waals surface area contributed by atoms with Crippen molar-refractivity contribution in [2.45, 2.75) is 38.1 Å². The van der Waals surface area contributed by atoms with Gasteiger partial charge in [-0.05, 0) is 37.8 Å². The molecule has 0 amide bonds. The van der Waals surface area contributed by atoms with E-state index < -0.39 is 5.41 Å². The lowest BCUT2D eigenvalue weighted by Gasteiger charge is -2.32. The summed E-state index contributed by atoms with van der Waals surface area (Å²) in [6.07, 6.45) is 4.72. The zero-order chi connectivity index (χ0) is 13.5. The molecular weight excluding hydrogens is 240 g/mol. The maximum absolute atomic E-state index is 12.9. The topological polar surface area (TPSA) is 65.2 Å². The molecule has 2 aliphatic rings. The van der Waals surface area contributed by atoms with Gasteiger partial charge in [0.05, 0.1) is 30.2 Å². The zero-order valence-corrected chi connectivity index (χ0v) is 11.3. The number of ketones is 1. The third kappa shape index (κ3) is 1.99. The van der Waals surface area contributed by atoms with Crippen molar-refractivity contribution in [3.05, 3.63) is 29.6 Å². The second-order valence-corrected chi connectivity index (χ2v) is 5.90. The van der Waals surface area contributed by atoms with E-state index in [1.54, 1.807) is 6.20 Å². The number of nitrogens with two attached hydrogens (primary N) is 1. The third-order valence-corrected chi connectivity index (χ3v) is 4.59. The molecule has 4 nitrogen and oxygen atoms in total. The number of hydrogen-bond acceptors (Lipinski definition) is 4. The van der Waals surface area contributed by atoms with E-state index >= 15 is 0 Å². The SMILES string of the molecule is CC1(C(=O)C2CCCc3cccnc32)COCC1N. The average molecular weight is 260 g/mol. The van der Waals surface area contributed by atoms with Crippen molar-refractivity contribution in [1.29, 1.82) is 0 Å². The van der Waals surface area contributed by atoms with Crippen LogP contribution in [0.3, 0.4) is 0 Å². The number of hydrogen-bond donors (Lipinski definition) is 1. The molecule has 0 bridgehead atoms. The smallest absolute Gasteiger partial charge is 0.151 e. The summed E-state index contributed by atoms with van der Waals surface area (Å²) in [5, 5.41) is 0. The van der Waals surface area contributed by atoms with Crippen LogP contribution in [0.4, 0.5) is 0 Å². The molecule has 3 unspecified atom stereocenters. The Morgan fingerprint density at radius 1 is 1.58 bits per heavy atom. The van der Waals surface area contributed by atoms with Crippen molar-refractivity contribution in [3.63, 3.8) is 0 Å². The summed E-state index contributed by atoms with van der Waals surface area (Å²) >= 11 is 0. The number of rotatable bonds is 2. The van der Waals surface area contributed by atoms with Crippen LogP contribution >= 0.6 is 0 Å². The molecule has 1 aromatic rings. The fraction of sp³-hybridized carbons (Fsp3) is 0.600. The third-order valence-electron chi connectivity index (χ3n) is 4.59. The number of aryl methyl sites for hydroxylation is 1. The molecule has 1 fully saturated rings. The number of carbonyl (C=O) groups is 1. The van der Waals surface area contributed by atoms with E-state index in [2.05, 4.69) is 11.1 Å². The predicted octanol–water partition coefficient (Wildman–Crippen LogP) is 1.43. The minimum absolute atomic E-state index is 0.109. The van der Waals surface area contributed by atoms with E-state index in [-0.39, 0.29) is 17.7 Å². The van der Waals surface area contributed by atoms with Gasteiger partial charge in [-0.25, -0.2) is 0 Å². The minimum Gasteiger partial charge on any atom is -0.379 e. The summed E-state index contributed by atoms with van der Waals surface area (Å²) in [7, 11) is 0. The monoisotopic (exact) mass is 260 g/mol. The van der Waals surface area contributed by atoms with Gasteiger partial charge < -0.3 is 10.5 Å². The predicted molar refractivity (Wildman–Crippen MR) is 71.8 cm³/mol. The van der Waals surface area contributed by atoms with Gasteiger partial charge >= 0.3 is 0 Å². The molecule has 2 heterocycles. The molecule has 0 spiro atoms. The minimum atomic E-state index is -0.559. The van der Waals surface area contributed by atoms with Crippen LogP contribution in [0.2, 0.25) is 0 Å². The normalized spacial score (nSPS) is 34.0. The van der Waals surface area contributed by atoms with Crippen LogP contribution in [0.1, 0.15) is 36.9 Å². The molecule has 19 heavy (non-hydrogen) atoms. The fourth-order valence-corrected chi connectivity index (χ4v) is 3.21. The van der Waals surface area contributed by atoms with E-state index in [1.165, 1.54) is 5.56 Å². The van der Waals surface area contributed by atoms with Gasteiger partial charge in [-0.3, -0.25) is 9.78 Å². The molecule has 1 saturated heterocycles.